The quantitative estimate of drug-likeness (QED) is 0.0322. The van der Waals surface area contributed by atoms with Gasteiger partial charge in [0.05, 0.1) is 25.4 Å². The summed E-state index contributed by atoms with van der Waals surface area (Å²) < 4.78 is 5.38. The fourth-order valence-electron chi connectivity index (χ4n) is 7.92. The Hall–Kier alpha value is -2.18. The fourth-order valence-corrected chi connectivity index (χ4v) is 7.92. The zero-order chi connectivity index (χ0) is 45.1. The van der Waals surface area contributed by atoms with Crippen molar-refractivity contribution in [2.45, 2.75) is 283 Å². The standard InChI is InChI=1S/C56H103NO5/c1-3-5-7-9-11-13-15-25-29-32-36-40-44-48-54(59)53(52-58)57-55(60)49-45-41-37-33-30-26-23-21-19-17-16-18-20-22-24-27-31-35-39-43-47-51-62-56(61)50-46-42-38-34-28-14-12-10-8-6-4-2/h10,12,27,31,39,43-44,48,53-54,58-59H,3-9,11,13-26,28-30,32-38,40-42,45-47,49-52H2,1-2H3,(H,57,60)/b12-10-,31-27-,43-39-,48-44+. The van der Waals surface area contributed by atoms with Gasteiger partial charge < -0.3 is 20.3 Å². The molecule has 0 bridgehead atoms. The first-order valence-corrected chi connectivity index (χ1v) is 26.9. The lowest BCUT2D eigenvalue weighted by Crippen LogP contribution is -2.45. The molecule has 0 aliphatic heterocycles. The number of unbranched alkanes of at least 4 members (excludes halogenated alkanes) is 32. The van der Waals surface area contributed by atoms with Crippen molar-refractivity contribution in [3.63, 3.8) is 0 Å². The Morgan fingerprint density at radius 3 is 1.29 bits per heavy atom. The number of amides is 1. The predicted octanol–water partition coefficient (Wildman–Crippen LogP) is 16.2. The SMILES string of the molecule is CCCC/C=C\CCCCCCCC(=O)OCC/C=C\C/C=C\CCCCCCCCCCCCCCCCC(=O)NC(CO)C(O)/C=C/CCCCCCCCCCCCC. The van der Waals surface area contributed by atoms with Gasteiger partial charge in [-0.15, -0.1) is 0 Å². The zero-order valence-electron chi connectivity index (χ0n) is 41.1. The van der Waals surface area contributed by atoms with E-state index in [2.05, 4.69) is 55.6 Å². The van der Waals surface area contributed by atoms with E-state index in [1.165, 1.54) is 193 Å². The van der Waals surface area contributed by atoms with E-state index < -0.39 is 12.1 Å². The first kappa shape index (κ1) is 59.8. The molecule has 6 nitrogen and oxygen atoms in total. The first-order valence-electron chi connectivity index (χ1n) is 26.9. The minimum atomic E-state index is -0.847. The molecule has 6 heteroatoms. The lowest BCUT2D eigenvalue weighted by molar-refractivity contribution is -0.143. The molecule has 1 amide bonds. The molecule has 0 radical (unpaired) electrons. The van der Waals surface area contributed by atoms with E-state index >= 15 is 0 Å². The second-order valence-corrected chi connectivity index (χ2v) is 18.2. The maximum absolute atomic E-state index is 12.4. The van der Waals surface area contributed by atoms with Crippen molar-refractivity contribution in [1.82, 2.24) is 5.32 Å². The van der Waals surface area contributed by atoms with Crippen LogP contribution in [0.5, 0.6) is 0 Å². The van der Waals surface area contributed by atoms with E-state index in [-0.39, 0.29) is 18.5 Å². The van der Waals surface area contributed by atoms with Crippen molar-refractivity contribution >= 4 is 11.9 Å². The average Bonchev–Trinajstić information content (AvgIpc) is 3.27. The molecule has 0 saturated carbocycles. The highest BCUT2D eigenvalue weighted by atomic mass is 16.5. The van der Waals surface area contributed by atoms with Gasteiger partial charge in [0.15, 0.2) is 0 Å². The third kappa shape index (κ3) is 47.3. The summed E-state index contributed by atoms with van der Waals surface area (Å²) in [6.07, 6.45) is 64.2. The van der Waals surface area contributed by atoms with Gasteiger partial charge in [0.2, 0.25) is 5.91 Å². The number of allylic oxidation sites excluding steroid dienone is 6. The molecule has 0 aliphatic rings. The Kier molecular flexibility index (Phi) is 49.6. The molecular weight excluding hydrogens is 767 g/mol. The van der Waals surface area contributed by atoms with Crippen LogP contribution in [-0.4, -0.2) is 47.4 Å². The molecule has 0 spiro atoms. The molecule has 3 N–H and O–H groups in total. The lowest BCUT2D eigenvalue weighted by atomic mass is 10.0. The van der Waals surface area contributed by atoms with Gasteiger partial charge in [-0.1, -0.05) is 236 Å². The summed E-state index contributed by atoms with van der Waals surface area (Å²) in [6, 6.07) is -0.631. The van der Waals surface area contributed by atoms with Crippen LogP contribution in [0.3, 0.4) is 0 Å². The van der Waals surface area contributed by atoms with Gasteiger partial charge in [-0.05, 0) is 70.6 Å². The summed E-state index contributed by atoms with van der Waals surface area (Å²) in [5, 5.41) is 23.0. The summed E-state index contributed by atoms with van der Waals surface area (Å²) in [5.41, 5.74) is 0. The van der Waals surface area contributed by atoms with Crippen LogP contribution >= 0.6 is 0 Å². The summed E-state index contributed by atoms with van der Waals surface area (Å²) in [4.78, 5) is 24.4. The number of hydrogen-bond acceptors (Lipinski definition) is 5. The molecular formula is C56H103NO5. The van der Waals surface area contributed by atoms with Gasteiger partial charge >= 0.3 is 5.97 Å². The summed E-state index contributed by atoms with van der Waals surface area (Å²) in [5.74, 6) is -0.122. The van der Waals surface area contributed by atoms with Gasteiger partial charge in [-0.3, -0.25) is 9.59 Å². The van der Waals surface area contributed by atoms with Crippen LogP contribution in [0.25, 0.3) is 0 Å². The average molecular weight is 870 g/mol. The largest absolute Gasteiger partial charge is 0.465 e. The minimum absolute atomic E-state index is 0.0478. The van der Waals surface area contributed by atoms with Gasteiger partial charge in [-0.25, -0.2) is 0 Å². The number of ether oxygens (including phenoxy) is 1. The predicted molar refractivity (Wildman–Crippen MR) is 269 cm³/mol. The Morgan fingerprint density at radius 1 is 0.452 bits per heavy atom. The molecule has 0 aromatic rings. The summed E-state index contributed by atoms with van der Waals surface area (Å²) in [6.45, 7) is 4.74. The number of aliphatic hydroxyl groups excluding tert-OH is 2. The Labute approximate surface area is 385 Å². The number of esters is 1. The molecule has 362 valence electrons. The smallest absolute Gasteiger partial charge is 0.305 e. The molecule has 0 aliphatic carbocycles. The maximum Gasteiger partial charge on any atom is 0.305 e. The van der Waals surface area contributed by atoms with E-state index in [4.69, 9.17) is 4.74 Å². The Bertz CT molecular complexity index is 1050. The van der Waals surface area contributed by atoms with Gasteiger partial charge in [0.1, 0.15) is 0 Å². The van der Waals surface area contributed by atoms with Crippen LogP contribution in [0.2, 0.25) is 0 Å². The molecule has 0 aromatic heterocycles. The third-order valence-corrected chi connectivity index (χ3v) is 12.1. The van der Waals surface area contributed by atoms with Crippen LogP contribution < -0.4 is 5.32 Å². The molecule has 0 saturated heterocycles. The third-order valence-electron chi connectivity index (χ3n) is 12.1. The monoisotopic (exact) mass is 870 g/mol. The van der Waals surface area contributed by atoms with Crippen LogP contribution in [0, 0.1) is 0 Å². The van der Waals surface area contributed by atoms with Crippen molar-refractivity contribution < 1.29 is 24.5 Å². The normalized spacial score (nSPS) is 13.0. The van der Waals surface area contributed by atoms with E-state index in [0.717, 1.165) is 51.4 Å². The first-order chi connectivity index (χ1) is 30.5. The maximum atomic E-state index is 12.4. The van der Waals surface area contributed by atoms with Crippen molar-refractivity contribution in [3.8, 4) is 0 Å². The molecule has 2 unspecified atom stereocenters. The van der Waals surface area contributed by atoms with E-state index in [1.807, 2.05) is 6.08 Å². The lowest BCUT2D eigenvalue weighted by Gasteiger charge is -2.20. The van der Waals surface area contributed by atoms with E-state index in [1.54, 1.807) is 6.08 Å². The van der Waals surface area contributed by atoms with Crippen molar-refractivity contribution in [2.75, 3.05) is 13.2 Å². The second kappa shape index (κ2) is 51.5. The number of carbonyl (C=O) groups is 2. The fraction of sp³-hybridized carbons (Fsp3) is 0.821. The highest BCUT2D eigenvalue weighted by Gasteiger charge is 2.18. The molecule has 0 aromatic carbocycles. The molecule has 62 heavy (non-hydrogen) atoms. The van der Waals surface area contributed by atoms with Gasteiger partial charge in [0, 0.05) is 12.8 Å². The summed E-state index contributed by atoms with van der Waals surface area (Å²) in [7, 11) is 0. The number of rotatable bonds is 49. The Balaban J connectivity index is 3.49. The van der Waals surface area contributed by atoms with Crippen LogP contribution in [0.15, 0.2) is 48.6 Å². The van der Waals surface area contributed by atoms with Gasteiger partial charge in [0.25, 0.3) is 0 Å². The topological polar surface area (TPSA) is 95.9 Å². The number of aliphatic hydroxyl groups is 2. The summed E-state index contributed by atoms with van der Waals surface area (Å²) >= 11 is 0. The van der Waals surface area contributed by atoms with Crippen LogP contribution in [0.4, 0.5) is 0 Å². The Morgan fingerprint density at radius 2 is 0.823 bits per heavy atom. The van der Waals surface area contributed by atoms with Gasteiger partial charge in [-0.2, -0.15) is 0 Å². The second-order valence-electron chi connectivity index (χ2n) is 18.2. The molecule has 0 rings (SSSR count). The zero-order valence-corrected chi connectivity index (χ0v) is 41.1. The number of carbonyl (C=O) groups excluding carboxylic acids is 2. The van der Waals surface area contributed by atoms with Crippen LogP contribution in [-0.2, 0) is 14.3 Å². The van der Waals surface area contributed by atoms with Crippen molar-refractivity contribution in [3.05, 3.63) is 48.6 Å². The van der Waals surface area contributed by atoms with E-state index in [0.29, 0.717) is 19.4 Å². The van der Waals surface area contributed by atoms with Crippen molar-refractivity contribution in [1.29, 1.82) is 0 Å². The highest BCUT2D eigenvalue weighted by Crippen LogP contribution is 2.16. The number of hydrogen-bond donors (Lipinski definition) is 3. The molecule has 2 atom stereocenters. The van der Waals surface area contributed by atoms with E-state index in [9.17, 15) is 19.8 Å². The molecule has 0 fully saturated rings. The number of nitrogens with one attached hydrogen (secondary N) is 1. The van der Waals surface area contributed by atoms with Crippen molar-refractivity contribution in [2.24, 2.45) is 0 Å². The molecule has 0 heterocycles. The minimum Gasteiger partial charge on any atom is -0.465 e. The highest BCUT2D eigenvalue weighted by molar-refractivity contribution is 5.76. The van der Waals surface area contributed by atoms with Crippen LogP contribution in [0.1, 0.15) is 271 Å².